The number of rotatable bonds is 4. The van der Waals surface area contributed by atoms with Gasteiger partial charge in [-0.1, -0.05) is 0 Å². The topological polar surface area (TPSA) is 69.4 Å². The van der Waals surface area contributed by atoms with Crippen molar-refractivity contribution in [2.75, 3.05) is 0 Å². The first-order valence-electron chi connectivity index (χ1n) is 5.38. The summed E-state index contributed by atoms with van der Waals surface area (Å²) in [6.45, 7) is 0. The summed E-state index contributed by atoms with van der Waals surface area (Å²) in [5.41, 5.74) is -0.443. The lowest BCUT2D eigenvalue weighted by Crippen LogP contribution is -1.96. The maximum absolute atomic E-state index is 13.4. The van der Waals surface area contributed by atoms with Crippen LogP contribution in [0.3, 0.4) is 0 Å². The van der Waals surface area contributed by atoms with Gasteiger partial charge in [0.15, 0.2) is 11.6 Å². The quantitative estimate of drug-likeness (QED) is 0.488. The lowest BCUT2D eigenvalue weighted by molar-refractivity contribution is -0.385. The van der Waals surface area contributed by atoms with Crippen molar-refractivity contribution in [3.63, 3.8) is 0 Å². The summed E-state index contributed by atoms with van der Waals surface area (Å²) >= 11 is 0. The molecule has 0 N–H and O–H groups in total. The van der Waals surface area contributed by atoms with Crippen LogP contribution in [0.2, 0.25) is 0 Å². The van der Waals surface area contributed by atoms with E-state index in [4.69, 9.17) is 4.74 Å². The van der Waals surface area contributed by atoms with Gasteiger partial charge in [-0.05, 0) is 24.3 Å². The lowest BCUT2D eigenvalue weighted by atomic mass is 10.2. The van der Waals surface area contributed by atoms with Crippen molar-refractivity contribution in [1.82, 2.24) is 0 Å². The van der Waals surface area contributed by atoms with Crippen molar-refractivity contribution in [1.29, 1.82) is 0 Å². The Kier molecular flexibility index (Phi) is 3.69. The van der Waals surface area contributed by atoms with Crippen LogP contribution in [0, 0.1) is 21.7 Å². The zero-order chi connectivity index (χ0) is 14.7. The number of hydrogen-bond acceptors (Lipinski definition) is 4. The van der Waals surface area contributed by atoms with E-state index in [1.807, 2.05) is 0 Å². The maximum Gasteiger partial charge on any atom is 0.312 e. The molecule has 0 heterocycles. The monoisotopic (exact) mass is 279 g/mol. The first kappa shape index (κ1) is 13.6. The van der Waals surface area contributed by atoms with Gasteiger partial charge < -0.3 is 4.74 Å². The molecular formula is C13H7F2NO4. The van der Waals surface area contributed by atoms with Crippen LogP contribution in [0.4, 0.5) is 14.5 Å². The third-order valence-electron chi connectivity index (χ3n) is 2.43. The van der Waals surface area contributed by atoms with Crippen LogP contribution in [-0.4, -0.2) is 11.2 Å². The number of aldehydes is 1. The number of benzene rings is 2. The molecular weight excluding hydrogens is 272 g/mol. The Morgan fingerprint density at radius 1 is 1.10 bits per heavy atom. The predicted octanol–water partition coefficient (Wildman–Crippen LogP) is 3.48. The van der Waals surface area contributed by atoms with Gasteiger partial charge in [0.25, 0.3) is 0 Å². The highest BCUT2D eigenvalue weighted by atomic mass is 19.1. The number of carbonyl (C=O) groups is 1. The molecule has 2 rings (SSSR count). The Labute approximate surface area is 111 Å². The number of hydrogen-bond donors (Lipinski definition) is 0. The zero-order valence-electron chi connectivity index (χ0n) is 9.88. The molecule has 2 aromatic rings. The first-order chi connectivity index (χ1) is 9.51. The van der Waals surface area contributed by atoms with Crippen molar-refractivity contribution in [2.24, 2.45) is 0 Å². The van der Waals surface area contributed by atoms with Crippen LogP contribution < -0.4 is 4.74 Å². The first-order valence-corrected chi connectivity index (χ1v) is 5.38. The standard InChI is InChI=1S/C13H7F2NO4/c14-9-2-3-10(15)13(6-9)20-12-4-1-8(7-17)5-11(12)16(18)19/h1-7H. The summed E-state index contributed by atoms with van der Waals surface area (Å²) in [7, 11) is 0. The molecule has 0 saturated heterocycles. The lowest BCUT2D eigenvalue weighted by Gasteiger charge is -2.07. The van der Waals surface area contributed by atoms with Gasteiger partial charge in [-0.2, -0.15) is 0 Å². The molecule has 0 aliphatic heterocycles. The molecule has 0 spiro atoms. The molecule has 0 saturated carbocycles. The second-order valence-corrected chi connectivity index (χ2v) is 3.78. The van der Waals surface area contributed by atoms with Gasteiger partial charge in [0.05, 0.1) is 4.92 Å². The van der Waals surface area contributed by atoms with Crippen LogP contribution in [0.5, 0.6) is 11.5 Å². The third-order valence-corrected chi connectivity index (χ3v) is 2.43. The number of carbonyl (C=O) groups excluding carboxylic acids is 1. The van der Waals surface area contributed by atoms with Crippen LogP contribution in [0.25, 0.3) is 0 Å². The Balaban J connectivity index is 2.45. The molecule has 0 radical (unpaired) electrons. The largest absolute Gasteiger partial charge is 0.447 e. The Bertz CT molecular complexity index is 688. The summed E-state index contributed by atoms with van der Waals surface area (Å²) in [6.07, 6.45) is 0.430. The number of halogens is 2. The van der Waals surface area contributed by atoms with Gasteiger partial charge in [-0.15, -0.1) is 0 Å². The fourth-order valence-electron chi connectivity index (χ4n) is 1.51. The Hall–Kier alpha value is -2.83. The van der Waals surface area contributed by atoms with Gasteiger partial charge in [0.2, 0.25) is 5.75 Å². The van der Waals surface area contributed by atoms with Gasteiger partial charge in [0.1, 0.15) is 12.1 Å². The van der Waals surface area contributed by atoms with Crippen LogP contribution in [0.1, 0.15) is 10.4 Å². The van der Waals surface area contributed by atoms with E-state index in [1.165, 1.54) is 6.07 Å². The van der Waals surface area contributed by atoms with Crippen molar-refractivity contribution in [3.8, 4) is 11.5 Å². The van der Waals surface area contributed by atoms with E-state index in [1.54, 1.807) is 0 Å². The van der Waals surface area contributed by atoms with E-state index >= 15 is 0 Å². The Morgan fingerprint density at radius 2 is 1.85 bits per heavy atom. The molecule has 0 aromatic heterocycles. The second kappa shape index (κ2) is 5.43. The third kappa shape index (κ3) is 2.77. The van der Waals surface area contributed by atoms with Crippen molar-refractivity contribution >= 4 is 12.0 Å². The highest BCUT2D eigenvalue weighted by molar-refractivity contribution is 5.77. The smallest absolute Gasteiger partial charge is 0.312 e. The maximum atomic E-state index is 13.4. The van der Waals surface area contributed by atoms with Crippen LogP contribution in [-0.2, 0) is 0 Å². The van der Waals surface area contributed by atoms with Gasteiger partial charge in [0, 0.05) is 17.7 Å². The van der Waals surface area contributed by atoms with Gasteiger partial charge in [-0.25, -0.2) is 8.78 Å². The molecule has 0 unspecified atom stereocenters. The average Bonchev–Trinajstić information content (AvgIpc) is 2.43. The molecule has 0 fully saturated rings. The van der Waals surface area contributed by atoms with Gasteiger partial charge >= 0.3 is 5.69 Å². The SMILES string of the molecule is O=Cc1ccc(Oc2cc(F)ccc2F)c([N+](=O)[O-])c1. The number of nitro groups is 1. The fraction of sp³-hybridized carbons (Fsp3) is 0. The van der Waals surface area contributed by atoms with Crippen LogP contribution >= 0.6 is 0 Å². The highest BCUT2D eigenvalue weighted by Crippen LogP contribution is 2.33. The highest BCUT2D eigenvalue weighted by Gasteiger charge is 2.18. The number of ether oxygens (including phenoxy) is 1. The summed E-state index contributed by atoms with van der Waals surface area (Å²) < 4.78 is 31.4. The van der Waals surface area contributed by atoms with Crippen molar-refractivity contribution in [2.45, 2.75) is 0 Å². The molecule has 0 aliphatic rings. The molecule has 102 valence electrons. The average molecular weight is 279 g/mol. The summed E-state index contributed by atoms with van der Waals surface area (Å²) in [5, 5.41) is 10.9. The minimum Gasteiger partial charge on any atom is -0.447 e. The second-order valence-electron chi connectivity index (χ2n) is 3.78. The molecule has 0 aliphatic carbocycles. The fourth-order valence-corrected chi connectivity index (χ4v) is 1.51. The summed E-state index contributed by atoms with van der Waals surface area (Å²) in [6, 6.07) is 5.91. The molecule has 2 aromatic carbocycles. The van der Waals surface area contributed by atoms with Gasteiger partial charge in [-0.3, -0.25) is 14.9 Å². The van der Waals surface area contributed by atoms with E-state index in [0.717, 1.165) is 30.3 Å². The molecule has 0 amide bonds. The van der Waals surface area contributed by atoms with Crippen molar-refractivity contribution < 1.29 is 23.2 Å². The number of nitro benzene ring substituents is 1. The molecule has 0 bridgehead atoms. The Morgan fingerprint density at radius 3 is 2.50 bits per heavy atom. The molecule has 5 nitrogen and oxygen atoms in total. The van der Waals surface area contributed by atoms with E-state index in [0.29, 0.717) is 6.29 Å². The molecule has 0 atom stereocenters. The minimum atomic E-state index is -0.861. The normalized spacial score (nSPS) is 10.1. The minimum absolute atomic E-state index is 0.0729. The van der Waals surface area contributed by atoms with E-state index in [-0.39, 0.29) is 11.3 Å². The molecule has 7 heteroatoms. The van der Waals surface area contributed by atoms with E-state index in [9.17, 15) is 23.7 Å². The van der Waals surface area contributed by atoms with Crippen LogP contribution in [0.15, 0.2) is 36.4 Å². The van der Waals surface area contributed by atoms with E-state index < -0.39 is 28.0 Å². The zero-order valence-corrected chi connectivity index (χ0v) is 9.88. The molecule has 20 heavy (non-hydrogen) atoms. The summed E-state index contributed by atoms with van der Waals surface area (Å²) in [5.74, 6) is -2.37. The van der Waals surface area contributed by atoms with E-state index in [2.05, 4.69) is 0 Å². The summed E-state index contributed by atoms with van der Waals surface area (Å²) in [4.78, 5) is 20.7. The predicted molar refractivity (Wildman–Crippen MR) is 64.9 cm³/mol. The number of nitrogens with zero attached hydrogens (tertiary/aromatic N) is 1. The van der Waals surface area contributed by atoms with Crippen molar-refractivity contribution in [3.05, 3.63) is 63.7 Å².